The van der Waals surface area contributed by atoms with Gasteiger partial charge in [-0.2, -0.15) is 5.10 Å². The Balaban J connectivity index is 1.46. The summed E-state index contributed by atoms with van der Waals surface area (Å²) in [6.45, 7) is 7.02. The fourth-order valence-electron chi connectivity index (χ4n) is 2.54. The fraction of sp³-hybridized carbons (Fsp3) is 0.263. The number of carbonyl (C=O) groups is 1. The standard InChI is InChI=1S/C19H23N7O/c1-13-14(2)25-26(15(13)3)18-10-9-17(23-24-18)20-11-12-21-19(27)22-16-7-5-4-6-8-16/h4-10H,11-12H2,1-3H3,(H,20,23)(H2,21,22,27). The molecule has 0 unspecified atom stereocenters. The summed E-state index contributed by atoms with van der Waals surface area (Å²) in [4.78, 5) is 11.8. The fourth-order valence-corrected chi connectivity index (χ4v) is 2.54. The van der Waals surface area contributed by atoms with Gasteiger partial charge in [-0.15, -0.1) is 10.2 Å². The van der Waals surface area contributed by atoms with Crippen LogP contribution in [0.15, 0.2) is 42.5 Å². The number of carbonyl (C=O) groups excluding carboxylic acids is 1. The van der Waals surface area contributed by atoms with Gasteiger partial charge in [-0.3, -0.25) is 0 Å². The summed E-state index contributed by atoms with van der Waals surface area (Å²) in [5, 5.41) is 21.5. The van der Waals surface area contributed by atoms with Gasteiger partial charge in [0.2, 0.25) is 0 Å². The van der Waals surface area contributed by atoms with Crippen molar-refractivity contribution in [2.45, 2.75) is 20.8 Å². The van der Waals surface area contributed by atoms with Crippen LogP contribution in [0.4, 0.5) is 16.3 Å². The van der Waals surface area contributed by atoms with Crippen LogP contribution in [-0.4, -0.2) is 39.1 Å². The Morgan fingerprint density at radius 2 is 1.78 bits per heavy atom. The van der Waals surface area contributed by atoms with E-state index < -0.39 is 0 Å². The third-order valence-corrected chi connectivity index (χ3v) is 4.27. The molecular weight excluding hydrogens is 342 g/mol. The quantitative estimate of drug-likeness (QED) is 0.584. The minimum Gasteiger partial charge on any atom is -0.367 e. The Hall–Kier alpha value is -3.42. The van der Waals surface area contributed by atoms with Crippen molar-refractivity contribution in [3.05, 3.63) is 59.4 Å². The third-order valence-electron chi connectivity index (χ3n) is 4.27. The molecule has 3 aromatic rings. The minimum atomic E-state index is -0.246. The first-order valence-corrected chi connectivity index (χ1v) is 8.75. The van der Waals surface area contributed by atoms with E-state index in [-0.39, 0.29) is 6.03 Å². The Labute approximate surface area is 158 Å². The van der Waals surface area contributed by atoms with E-state index in [4.69, 9.17) is 0 Å². The number of anilines is 2. The molecule has 140 valence electrons. The molecule has 2 heterocycles. The van der Waals surface area contributed by atoms with E-state index >= 15 is 0 Å². The molecule has 0 atom stereocenters. The van der Waals surface area contributed by atoms with E-state index in [1.165, 1.54) is 0 Å². The average molecular weight is 365 g/mol. The monoisotopic (exact) mass is 365 g/mol. The lowest BCUT2D eigenvalue weighted by Gasteiger charge is -2.09. The Kier molecular flexibility index (Phi) is 5.65. The second-order valence-corrected chi connectivity index (χ2v) is 6.16. The van der Waals surface area contributed by atoms with Crippen LogP contribution in [-0.2, 0) is 0 Å². The first-order valence-electron chi connectivity index (χ1n) is 8.75. The van der Waals surface area contributed by atoms with Crippen molar-refractivity contribution in [3.8, 4) is 5.82 Å². The van der Waals surface area contributed by atoms with Crippen molar-refractivity contribution < 1.29 is 4.79 Å². The summed E-state index contributed by atoms with van der Waals surface area (Å²) < 4.78 is 1.79. The zero-order valence-corrected chi connectivity index (χ0v) is 15.7. The van der Waals surface area contributed by atoms with Crippen molar-refractivity contribution >= 4 is 17.5 Å². The molecule has 0 aliphatic carbocycles. The highest BCUT2D eigenvalue weighted by molar-refractivity contribution is 5.89. The molecule has 3 rings (SSSR count). The molecule has 8 heteroatoms. The third kappa shape index (κ3) is 4.60. The van der Waals surface area contributed by atoms with E-state index in [0.717, 1.165) is 22.6 Å². The number of hydrogen-bond donors (Lipinski definition) is 3. The zero-order valence-electron chi connectivity index (χ0n) is 15.7. The molecule has 1 aromatic carbocycles. The van der Waals surface area contributed by atoms with E-state index in [9.17, 15) is 4.79 Å². The number of nitrogens with zero attached hydrogens (tertiary/aromatic N) is 4. The summed E-state index contributed by atoms with van der Waals surface area (Å²) in [6, 6.07) is 12.8. The number of urea groups is 1. The van der Waals surface area contributed by atoms with Gasteiger partial charge in [-0.25, -0.2) is 9.48 Å². The van der Waals surface area contributed by atoms with Gasteiger partial charge in [0, 0.05) is 24.5 Å². The van der Waals surface area contributed by atoms with Crippen LogP contribution in [0.5, 0.6) is 0 Å². The van der Waals surface area contributed by atoms with E-state index in [2.05, 4.69) is 31.2 Å². The molecule has 0 radical (unpaired) electrons. The number of amides is 2. The van der Waals surface area contributed by atoms with Gasteiger partial charge >= 0.3 is 6.03 Å². The Morgan fingerprint density at radius 1 is 1.00 bits per heavy atom. The summed E-state index contributed by atoms with van der Waals surface area (Å²) in [5.74, 6) is 1.32. The summed E-state index contributed by atoms with van der Waals surface area (Å²) in [5.41, 5.74) is 3.94. The lowest BCUT2D eigenvalue weighted by atomic mass is 10.2. The zero-order chi connectivity index (χ0) is 19.2. The first kappa shape index (κ1) is 18.4. The Bertz CT molecular complexity index is 904. The van der Waals surface area contributed by atoms with Gasteiger partial charge in [-0.05, 0) is 50.6 Å². The number of rotatable bonds is 6. The minimum absolute atomic E-state index is 0.246. The molecule has 27 heavy (non-hydrogen) atoms. The van der Waals surface area contributed by atoms with Gasteiger partial charge < -0.3 is 16.0 Å². The molecule has 3 N–H and O–H groups in total. The van der Waals surface area contributed by atoms with Crippen molar-refractivity contribution in [1.82, 2.24) is 25.3 Å². The molecule has 0 bridgehead atoms. The summed E-state index contributed by atoms with van der Waals surface area (Å²) in [7, 11) is 0. The predicted octanol–water partition coefficient (Wildman–Crippen LogP) is 2.82. The van der Waals surface area contributed by atoms with Crippen molar-refractivity contribution in [3.63, 3.8) is 0 Å². The first-order chi connectivity index (χ1) is 13.0. The SMILES string of the molecule is Cc1nn(-c2ccc(NCCNC(=O)Nc3ccccc3)nn2)c(C)c1C. The van der Waals surface area contributed by atoms with Gasteiger partial charge in [0.25, 0.3) is 0 Å². The topological polar surface area (TPSA) is 96.8 Å². The summed E-state index contributed by atoms with van der Waals surface area (Å²) in [6.07, 6.45) is 0. The highest BCUT2D eigenvalue weighted by Crippen LogP contribution is 2.15. The lowest BCUT2D eigenvalue weighted by molar-refractivity contribution is 0.252. The molecule has 2 amide bonds. The number of aryl methyl sites for hydroxylation is 1. The summed E-state index contributed by atoms with van der Waals surface area (Å²) >= 11 is 0. The number of para-hydroxylation sites is 1. The number of benzene rings is 1. The van der Waals surface area contributed by atoms with E-state index in [1.807, 2.05) is 63.2 Å². The molecule has 0 saturated heterocycles. The molecule has 8 nitrogen and oxygen atoms in total. The van der Waals surface area contributed by atoms with Crippen LogP contribution in [0.1, 0.15) is 17.0 Å². The number of hydrogen-bond acceptors (Lipinski definition) is 5. The maximum Gasteiger partial charge on any atom is 0.319 e. The second-order valence-electron chi connectivity index (χ2n) is 6.16. The maximum atomic E-state index is 11.8. The molecule has 0 fully saturated rings. The van der Waals surface area contributed by atoms with Crippen LogP contribution in [0.2, 0.25) is 0 Å². The Morgan fingerprint density at radius 3 is 2.41 bits per heavy atom. The van der Waals surface area contributed by atoms with Gasteiger partial charge in [0.05, 0.1) is 5.69 Å². The number of nitrogens with one attached hydrogen (secondary N) is 3. The normalized spacial score (nSPS) is 10.5. The molecule has 2 aromatic heterocycles. The lowest BCUT2D eigenvalue weighted by Crippen LogP contribution is -2.32. The van der Waals surface area contributed by atoms with Crippen molar-refractivity contribution in [2.24, 2.45) is 0 Å². The second kappa shape index (κ2) is 8.31. The highest BCUT2D eigenvalue weighted by Gasteiger charge is 2.10. The van der Waals surface area contributed by atoms with E-state index in [0.29, 0.717) is 24.7 Å². The smallest absolute Gasteiger partial charge is 0.319 e. The maximum absolute atomic E-state index is 11.8. The van der Waals surface area contributed by atoms with Crippen LogP contribution in [0.3, 0.4) is 0 Å². The van der Waals surface area contributed by atoms with Crippen molar-refractivity contribution in [1.29, 1.82) is 0 Å². The molecule has 0 aliphatic heterocycles. The highest BCUT2D eigenvalue weighted by atomic mass is 16.2. The van der Waals surface area contributed by atoms with Gasteiger partial charge in [-0.1, -0.05) is 18.2 Å². The van der Waals surface area contributed by atoms with Crippen LogP contribution >= 0.6 is 0 Å². The van der Waals surface area contributed by atoms with Crippen LogP contribution in [0.25, 0.3) is 5.82 Å². The molecule has 0 aliphatic rings. The molecule has 0 saturated carbocycles. The van der Waals surface area contributed by atoms with Crippen LogP contribution < -0.4 is 16.0 Å². The molecular formula is C19H23N7O. The molecule has 0 spiro atoms. The van der Waals surface area contributed by atoms with E-state index in [1.54, 1.807) is 4.68 Å². The van der Waals surface area contributed by atoms with Gasteiger partial charge in [0.1, 0.15) is 5.82 Å². The predicted molar refractivity (Wildman–Crippen MR) is 105 cm³/mol. The number of aromatic nitrogens is 4. The average Bonchev–Trinajstić information content (AvgIpc) is 2.94. The van der Waals surface area contributed by atoms with Gasteiger partial charge in [0.15, 0.2) is 5.82 Å². The van der Waals surface area contributed by atoms with Crippen molar-refractivity contribution in [2.75, 3.05) is 23.7 Å². The van der Waals surface area contributed by atoms with Crippen LogP contribution in [0, 0.1) is 20.8 Å². The largest absolute Gasteiger partial charge is 0.367 e.